The first-order chi connectivity index (χ1) is 13.1. The van der Waals surface area contributed by atoms with Crippen LogP contribution < -0.4 is 10.0 Å². The summed E-state index contributed by atoms with van der Waals surface area (Å²) in [6, 6.07) is 9.23. The Bertz CT molecular complexity index is 1010. The lowest BCUT2D eigenvalue weighted by Crippen LogP contribution is -2.15. The Morgan fingerprint density at radius 2 is 1.68 bits per heavy atom. The Hall–Kier alpha value is -3.07. The second-order valence-electron chi connectivity index (χ2n) is 5.59. The molecule has 0 aliphatic carbocycles. The molecule has 0 atom stereocenters. The van der Waals surface area contributed by atoms with Crippen LogP contribution in [0.25, 0.3) is 0 Å². The standard InChI is InChI=1S/C19H17F3N2O3S/c1-2-3-4-11-18(25)23-15-8-6-10-17(13-15)28(26,27)24-16-9-5-7-14(12-16)19(20,21)22/h2-13,24H,1H3,(H,23,25)/b3-2+,11-4+. The fourth-order valence-corrected chi connectivity index (χ4v) is 3.25. The number of rotatable bonds is 6. The van der Waals surface area contributed by atoms with Crippen molar-refractivity contribution in [1.29, 1.82) is 0 Å². The van der Waals surface area contributed by atoms with E-state index in [1.165, 1.54) is 42.5 Å². The van der Waals surface area contributed by atoms with Crippen LogP contribution in [0.1, 0.15) is 12.5 Å². The molecule has 0 heterocycles. The number of carbonyl (C=O) groups excluding carboxylic acids is 1. The van der Waals surface area contributed by atoms with E-state index >= 15 is 0 Å². The third-order valence-electron chi connectivity index (χ3n) is 3.41. The van der Waals surface area contributed by atoms with Gasteiger partial charge >= 0.3 is 6.18 Å². The zero-order valence-corrected chi connectivity index (χ0v) is 15.5. The highest BCUT2D eigenvalue weighted by atomic mass is 32.2. The lowest BCUT2D eigenvalue weighted by molar-refractivity contribution is -0.137. The van der Waals surface area contributed by atoms with Crippen LogP contribution in [-0.2, 0) is 21.0 Å². The third kappa shape index (κ3) is 5.98. The smallest absolute Gasteiger partial charge is 0.322 e. The van der Waals surface area contributed by atoms with Crippen molar-refractivity contribution in [3.8, 4) is 0 Å². The first kappa shape index (κ1) is 21.2. The van der Waals surface area contributed by atoms with Gasteiger partial charge in [0.15, 0.2) is 0 Å². The predicted octanol–water partition coefficient (Wildman–Crippen LogP) is 4.58. The number of sulfonamides is 1. The monoisotopic (exact) mass is 410 g/mol. The molecule has 0 unspecified atom stereocenters. The summed E-state index contributed by atoms with van der Waals surface area (Å²) in [5, 5.41) is 2.51. The fraction of sp³-hybridized carbons (Fsp3) is 0.105. The van der Waals surface area contributed by atoms with Gasteiger partial charge in [0.1, 0.15) is 0 Å². The van der Waals surface area contributed by atoms with Crippen LogP contribution in [0.5, 0.6) is 0 Å². The molecule has 0 aliphatic heterocycles. The summed E-state index contributed by atoms with van der Waals surface area (Å²) < 4.78 is 65.4. The van der Waals surface area contributed by atoms with Gasteiger partial charge in [0.2, 0.25) is 5.91 Å². The number of halogens is 3. The Morgan fingerprint density at radius 1 is 1.00 bits per heavy atom. The molecule has 148 valence electrons. The van der Waals surface area contributed by atoms with Gasteiger partial charge < -0.3 is 5.32 Å². The van der Waals surface area contributed by atoms with E-state index in [0.29, 0.717) is 6.07 Å². The number of alkyl halides is 3. The minimum absolute atomic E-state index is 0.208. The average Bonchev–Trinajstić information content (AvgIpc) is 2.61. The lowest BCUT2D eigenvalue weighted by Gasteiger charge is -2.12. The van der Waals surface area contributed by atoms with Gasteiger partial charge in [-0.3, -0.25) is 9.52 Å². The van der Waals surface area contributed by atoms with E-state index in [0.717, 1.165) is 12.1 Å². The maximum Gasteiger partial charge on any atom is 0.416 e. The number of hydrogen-bond donors (Lipinski definition) is 2. The quantitative estimate of drug-likeness (QED) is 0.541. The molecule has 0 aliphatic rings. The van der Waals surface area contributed by atoms with E-state index in [4.69, 9.17) is 0 Å². The van der Waals surface area contributed by atoms with Crippen molar-refractivity contribution < 1.29 is 26.4 Å². The van der Waals surface area contributed by atoms with E-state index in [9.17, 15) is 26.4 Å². The number of allylic oxidation sites excluding steroid dienone is 3. The Morgan fingerprint density at radius 3 is 2.36 bits per heavy atom. The SMILES string of the molecule is C/C=C/C=C/C(=O)Nc1cccc(S(=O)(=O)Nc2cccc(C(F)(F)F)c2)c1. The van der Waals surface area contributed by atoms with Gasteiger partial charge in [-0.25, -0.2) is 8.42 Å². The molecular weight excluding hydrogens is 393 g/mol. The van der Waals surface area contributed by atoms with Crippen LogP contribution in [0.2, 0.25) is 0 Å². The molecule has 9 heteroatoms. The summed E-state index contributed by atoms with van der Waals surface area (Å²) in [5.41, 5.74) is -0.970. The van der Waals surface area contributed by atoms with Crippen molar-refractivity contribution in [3.63, 3.8) is 0 Å². The summed E-state index contributed by atoms with van der Waals surface area (Å²) in [7, 11) is -4.15. The van der Waals surface area contributed by atoms with Gasteiger partial charge in [-0.2, -0.15) is 13.2 Å². The van der Waals surface area contributed by atoms with Crippen LogP contribution in [-0.4, -0.2) is 14.3 Å². The molecule has 0 aromatic heterocycles. The van der Waals surface area contributed by atoms with Crippen molar-refractivity contribution in [2.24, 2.45) is 0 Å². The van der Waals surface area contributed by atoms with Gasteiger partial charge in [0, 0.05) is 17.5 Å². The van der Waals surface area contributed by atoms with Gasteiger partial charge in [0.05, 0.1) is 10.5 Å². The predicted molar refractivity (Wildman–Crippen MR) is 101 cm³/mol. The van der Waals surface area contributed by atoms with Gasteiger partial charge in [-0.15, -0.1) is 0 Å². The Labute approximate surface area is 160 Å². The lowest BCUT2D eigenvalue weighted by atomic mass is 10.2. The van der Waals surface area contributed by atoms with Crippen LogP contribution >= 0.6 is 0 Å². The molecule has 0 saturated carbocycles. The van der Waals surface area contributed by atoms with E-state index < -0.39 is 27.7 Å². The molecule has 0 radical (unpaired) electrons. The van der Waals surface area contributed by atoms with Gasteiger partial charge in [-0.1, -0.05) is 30.4 Å². The maximum atomic E-state index is 12.8. The summed E-state index contributed by atoms with van der Waals surface area (Å²) in [6.07, 6.45) is 1.58. The van der Waals surface area contributed by atoms with Gasteiger partial charge in [-0.05, 0) is 43.3 Å². The fourth-order valence-electron chi connectivity index (χ4n) is 2.15. The summed E-state index contributed by atoms with van der Waals surface area (Å²) in [4.78, 5) is 11.6. The number of benzene rings is 2. The van der Waals surface area contributed by atoms with Crippen molar-refractivity contribution in [2.45, 2.75) is 18.0 Å². The van der Waals surface area contributed by atoms with E-state index in [2.05, 4.69) is 10.0 Å². The largest absolute Gasteiger partial charge is 0.416 e. The van der Waals surface area contributed by atoms with Gasteiger partial charge in [0.25, 0.3) is 10.0 Å². The summed E-state index contributed by atoms with van der Waals surface area (Å²) in [6.45, 7) is 1.79. The molecule has 0 saturated heterocycles. The summed E-state index contributed by atoms with van der Waals surface area (Å²) in [5.74, 6) is -0.460. The van der Waals surface area contributed by atoms with E-state index in [1.807, 2.05) is 0 Å². The molecule has 2 N–H and O–H groups in total. The van der Waals surface area contributed by atoms with E-state index in [-0.39, 0.29) is 16.3 Å². The normalized spacial score (nSPS) is 12.4. The van der Waals surface area contributed by atoms with Crippen LogP contribution in [0.3, 0.4) is 0 Å². The second kappa shape index (κ2) is 8.75. The molecule has 2 aromatic carbocycles. The van der Waals surface area contributed by atoms with Crippen molar-refractivity contribution in [2.75, 3.05) is 10.0 Å². The minimum Gasteiger partial charge on any atom is -0.322 e. The van der Waals surface area contributed by atoms with E-state index in [1.54, 1.807) is 19.1 Å². The Balaban J connectivity index is 2.21. The molecule has 0 fully saturated rings. The number of nitrogens with one attached hydrogen (secondary N) is 2. The molecule has 2 aromatic rings. The topological polar surface area (TPSA) is 75.3 Å². The van der Waals surface area contributed by atoms with Crippen molar-refractivity contribution >= 4 is 27.3 Å². The van der Waals surface area contributed by atoms with Crippen LogP contribution in [0.15, 0.2) is 77.7 Å². The number of amides is 1. The molecule has 5 nitrogen and oxygen atoms in total. The number of carbonyl (C=O) groups is 1. The number of hydrogen-bond acceptors (Lipinski definition) is 3. The third-order valence-corrected chi connectivity index (χ3v) is 4.78. The maximum absolute atomic E-state index is 12.8. The molecule has 1 amide bonds. The van der Waals surface area contributed by atoms with Crippen LogP contribution in [0.4, 0.5) is 24.5 Å². The number of anilines is 2. The highest BCUT2D eigenvalue weighted by molar-refractivity contribution is 7.92. The molecular formula is C19H17F3N2O3S. The zero-order valence-electron chi connectivity index (χ0n) is 14.7. The second-order valence-corrected chi connectivity index (χ2v) is 7.27. The highest BCUT2D eigenvalue weighted by Crippen LogP contribution is 2.31. The average molecular weight is 410 g/mol. The minimum atomic E-state index is -4.59. The van der Waals surface area contributed by atoms with Crippen LogP contribution in [0, 0.1) is 0 Å². The molecule has 28 heavy (non-hydrogen) atoms. The zero-order chi connectivity index (χ0) is 20.8. The Kier molecular flexibility index (Phi) is 6.63. The highest BCUT2D eigenvalue weighted by Gasteiger charge is 2.30. The first-order valence-corrected chi connectivity index (χ1v) is 9.50. The molecule has 0 bridgehead atoms. The first-order valence-electron chi connectivity index (χ1n) is 8.02. The molecule has 0 spiro atoms. The van der Waals surface area contributed by atoms with Crippen molar-refractivity contribution in [3.05, 3.63) is 78.4 Å². The van der Waals surface area contributed by atoms with Crippen molar-refractivity contribution in [1.82, 2.24) is 0 Å². The molecule has 2 rings (SSSR count). The summed E-state index contributed by atoms with van der Waals surface area (Å²) >= 11 is 0.